The van der Waals surface area contributed by atoms with Gasteiger partial charge in [0.1, 0.15) is 6.29 Å². The minimum atomic E-state index is 0.546. The molecule has 80 valence electrons. The molecule has 0 aliphatic carbocycles. The minimum Gasteiger partial charge on any atom is -0.371 e. The second kappa shape index (κ2) is 5.21. The Balaban J connectivity index is 2.16. The number of carbonyl (C=O) groups is 1. The molecular formula is C12H15NOS. The molecule has 0 atom stereocenters. The van der Waals surface area contributed by atoms with Gasteiger partial charge in [0, 0.05) is 18.0 Å². The van der Waals surface area contributed by atoms with Crippen LogP contribution in [-0.4, -0.2) is 25.1 Å². The average molecular weight is 221 g/mol. The Morgan fingerprint density at radius 1 is 1.27 bits per heavy atom. The van der Waals surface area contributed by atoms with Crippen molar-refractivity contribution in [1.29, 1.82) is 0 Å². The number of para-hydroxylation sites is 1. The van der Waals surface area contributed by atoms with Crippen LogP contribution in [0, 0.1) is 0 Å². The number of carbonyl (C=O) groups excluding carboxylic acids is 1. The molecule has 0 aromatic heterocycles. The number of hydrogen-bond acceptors (Lipinski definition) is 3. The van der Waals surface area contributed by atoms with E-state index in [1.54, 1.807) is 11.8 Å². The quantitative estimate of drug-likeness (QED) is 0.576. The fourth-order valence-corrected chi connectivity index (χ4v) is 2.69. The molecule has 1 aliphatic heterocycles. The first-order chi connectivity index (χ1) is 7.42. The molecule has 0 spiro atoms. The topological polar surface area (TPSA) is 20.3 Å². The summed E-state index contributed by atoms with van der Waals surface area (Å²) in [5.74, 6) is 0.546. The van der Waals surface area contributed by atoms with Crippen molar-refractivity contribution in [2.24, 2.45) is 0 Å². The molecule has 2 nitrogen and oxygen atoms in total. The SMILES string of the molecule is O=CCSc1ccccc1N1CCCC1. The van der Waals surface area contributed by atoms with Crippen LogP contribution in [0.3, 0.4) is 0 Å². The Kier molecular flexibility index (Phi) is 3.67. The number of rotatable bonds is 4. The molecule has 0 N–H and O–H groups in total. The lowest BCUT2D eigenvalue weighted by molar-refractivity contribution is -0.105. The summed E-state index contributed by atoms with van der Waals surface area (Å²) in [6.07, 6.45) is 3.53. The number of hydrogen-bond donors (Lipinski definition) is 0. The zero-order valence-electron chi connectivity index (χ0n) is 8.69. The lowest BCUT2D eigenvalue weighted by Gasteiger charge is -2.20. The van der Waals surface area contributed by atoms with Gasteiger partial charge in [-0.05, 0) is 25.0 Å². The number of benzene rings is 1. The predicted molar refractivity (Wildman–Crippen MR) is 64.7 cm³/mol. The first kappa shape index (κ1) is 10.6. The third kappa shape index (κ3) is 2.53. The van der Waals surface area contributed by atoms with Crippen molar-refractivity contribution in [2.45, 2.75) is 17.7 Å². The van der Waals surface area contributed by atoms with Gasteiger partial charge in [-0.2, -0.15) is 0 Å². The Morgan fingerprint density at radius 3 is 2.73 bits per heavy atom. The van der Waals surface area contributed by atoms with Crippen LogP contribution in [-0.2, 0) is 4.79 Å². The number of aldehydes is 1. The van der Waals surface area contributed by atoms with Gasteiger partial charge in [-0.1, -0.05) is 12.1 Å². The molecule has 1 heterocycles. The summed E-state index contributed by atoms with van der Waals surface area (Å²) in [6.45, 7) is 2.30. The molecule has 0 bridgehead atoms. The van der Waals surface area contributed by atoms with Gasteiger partial charge in [0.15, 0.2) is 0 Å². The van der Waals surface area contributed by atoms with Crippen LogP contribution in [0.25, 0.3) is 0 Å². The van der Waals surface area contributed by atoms with E-state index in [4.69, 9.17) is 0 Å². The van der Waals surface area contributed by atoms with E-state index in [2.05, 4.69) is 23.1 Å². The molecule has 1 fully saturated rings. The highest BCUT2D eigenvalue weighted by atomic mass is 32.2. The molecule has 1 aliphatic rings. The maximum absolute atomic E-state index is 10.4. The van der Waals surface area contributed by atoms with Crippen molar-refractivity contribution in [3.8, 4) is 0 Å². The standard InChI is InChI=1S/C12H15NOS/c14-9-10-15-12-6-2-1-5-11(12)13-7-3-4-8-13/h1-2,5-6,9H,3-4,7-8,10H2. The van der Waals surface area contributed by atoms with Gasteiger partial charge >= 0.3 is 0 Å². The zero-order chi connectivity index (χ0) is 10.5. The highest BCUT2D eigenvalue weighted by Crippen LogP contribution is 2.31. The molecule has 1 saturated heterocycles. The fourth-order valence-electron chi connectivity index (χ4n) is 1.92. The van der Waals surface area contributed by atoms with E-state index >= 15 is 0 Å². The predicted octanol–water partition coefficient (Wildman–Crippen LogP) is 2.58. The maximum atomic E-state index is 10.4. The number of thioether (sulfide) groups is 1. The number of nitrogens with zero attached hydrogens (tertiary/aromatic N) is 1. The highest BCUT2D eigenvalue weighted by Gasteiger charge is 2.14. The molecule has 1 aromatic rings. The molecule has 3 heteroatoms. The first-order valence-electron chi connectivity index (χ1n) is 5.32. The Hall–Kier alpha value is -0.960. The van der Waals surface area contributed by atoms with Crippen LogP contribution in [0.4, 0.5) is 5.69 Å². The molecule has 15 heavy (non-hydrogen) atoms. The summed E-state index contributed by atoms with van der Waals surface area (Å²) in [4.78, 5) is 14.0. The third-order valence-electron chi connectivity index (χ3n) is 2.62. The van der Waals surface area contributed by atoms with E-state index in [9.17, 15) is 4.79 Å². The van der Waals surface area contributed by atoms with E-state index in [0.29, 0.717) is 5.75 Å². The van der Waals surface area contributed by atoms with Gasteiger partial charge in [-0.25, -0.2) is 0 Å². The Morgan fingerprint density at radius 2 is 2.00 bits per heavy atom. The van der Waals surface area contributed by atoms with Gasteiger partial charge in [0.05, 0.1) is 11.4 Å². The van der Waals surface area contributed by atoms with Crippen molar-refractivity contribution < 1.29 is 4.79 Å². The van der Waals surface area contributed by atoms with Crippen molar-refractivity contribution >= 4 is 23.7 Å². The van der Waals surface area contributed by atoms with Crippen LogP contribution in [0.5, 0.6) is 0 Å². The average Bonchev–Trinajstić information content (AvgIpc) is 2.80. The lowest BCUT2D eigenvalue weighted by atomic mass is 10.3. The fraction of sp³-hybridized carbons (Fsp3) is 0.417. The van der Waals surface area contributed by atoms with Crippen LogP contribution < -0.4 is 4.90 Å². The van der Waals surface area contributed by atoms with Crippen molar-refractivity contribution in [2.75, 3.05) is 23.7 Å². The van der Waals surface area contributed by atoms with Gasteiger partial charge in [0.2, 0.25) is 0 Å². The van der Waals surface area contributed by atoms with E-state index in [0.717, 1.165) is 19.4 Å². The summed E-state index contributed by atoms with van der Waals surface area (Å²) in [5, 5.41) is 0. The largest absolute Gasteiger partial charge is 0.371 e. The second-order valence-electron chi connectivity index (χ2n) is 3.64. The van der Waals surface area contributed by atoms with Gasteiger partial charge in [0.25, 0.3) is 0 Å². The second-order valence-corrected chi connectivity index (χ2v) is 4.70. The van der Waals surface area contributed by atoms with Crippen molar-refractivity contribution in [1.82, 2.24) is 0 Å². The Bertz CT molecular complexity index is 334. The van der Waals surface area contributed by atoms with Crippen LogP contribution in [0.15, 0.2) is 29.2 Å². The summed E-state index contributed by atoms with van der Waals surface area (Å²) >= 11 is 1.62. The van der Waals surface area contributed by atoms with E-state index < -0.39 is 0 Å². The highest BCUT2D eigenvalue weighted by molar-refractivity contribution is 8.00. The molecule has 1 aromatic carbocycles. The molecule has 0 amide bonds. The Labute approximate surface area is 94.7 Å². The van der Waals surface area contributed by atoms with Crippen molar-refractivity contribution in [3.63, 3.8) is 0 Å². The van der Waals surface area contributed by atoms with Crippen LogP contribution >= 0.6 is 11.8 Å². The summed E-state index contributed by atoms with van der Waals surface area (Å²) in [6, 6.07) is 8.35. The normalized spacial score (nSPS) is 15.6. The van der Waals surface area contributed by atoms with Crippen LogP contribution in [0.1, 0.15) is 12.8 Å². The van der Waals surface area contributed by atoms with Crippen molar-refractivity contribution in [3.05, 3.63) is 24.3 Å². The van der Waals surface area contributed by atoms with Gasteiger partial charge < -0.3 is 9.69 Å². The molecular weight excluding hydrogens is 206 g/mol. The van der Waals surface area contributed by atoms with E-state index in [1.165, 1.54) is 23.4 Å². The number of anilines is 1. The van der Waals surface area contributed by atoms with Gasteiger partial charge in [-0.15, -0.1) is 11.8 Å². The minimum absolute atomic E-state index is 0.546. The maximum Gasteiger partial charge on any atom is 0.130 e. The molecule has 0 unspecified atom stereocenters. The van der Waals surface area contributed by atoms with Crippen LogP contribution in [0.2, 0.25) is 0 Å². The smallest absolute Gasteiger partial charge is 0.130 e. The zero-order valence-corrected chi connectivity index (χ0v) is 9.50. The van der Waals surface area contributed by atoms with Gasteiger partial charge in [-0.3, -0.25) is 0 Å². The summed E-state index contributed by atoms with van der Waals surface area (Å²) in [5.41, 5.74) is 1.29. The summed E-state index contributed by atoms with van der Waals surface area (Å²) in [7, 11) is 0. The van der Waals surface area contributed by atoms with E-state index in [1.807, 2.05) is 6.07 Å². The molecule has 0 saturated carbocycles. The lowest BCUT2D eigenvalue weighted by Crippen LogP contribution is -2.18. The summed E-state index contributed by atoms with van der Waals surface area (Å²) < 4.78 is 0. The monoisotopic (exact) mass is 221 g/mol. The molecule has 0 radical (unpaired) electrons. The first-order valence-corrected chi connectivity index (χ1v) is 6.31. The van der Waals surface area contributed by atoms with E-state index in [-0.39, 0.29) is 0 Å². The third-order valence-corrected chi connectivity index (χ3v) is 3.58. The molecule has 2 rings (SSSR count).